The molecular weight excluding hydrogens is 460 g/mol. The summed E-state index contributed by atoms with van der Waals surface area (Å²) in [5, 5.41) is 3.39. The highest BCUT2D eigenvalue weighted by molar-refractivity contribution is 5.81. The maximum Gasteiger partial charge on any atom is 0.226 e. The van der Waals surface area contributed by atoms with E-state index in [1.165, 1.54) is 22.3 Å². The second-order valence-corrected chi connectivity index (χ2v) is 8.95. The second kappa shape index (κ2) is 12.9. The minimum absolute atomic E-state index is 0.0633. The molecule has 2 aromatic rings. The van der Waals surface area contributed by atoms with Gasteiger partial charge < -0.3 is 23.8 Å². The number of amides is 1. The zero-order valence-corrected chi connectivity index (χ0v) is 20.8. The maximum atomic E-state index is 13.4. The van der Waals surface area contributed by atoms with Crippen LogP contribution in [0.1, 0.15) is 41.6 Å². The number of rotatable bonds is 15. The molecule has 36 heavy (non-hydrogen) atoms. The summed E-state index contributed by atoms with van der Waals surface area (Å²) in [6, 6.07) is 17.0. The molecule has 1 amide bonds. The lowest BCUT2D eigenvalue weighted by atomic mass is 9.80. The summed E-state index contributed by atoms with van der Waals surface area (Å²) in [4.78, 5) is 18.2. The Balaban J connectivity index is 1.15. The van der Waals surface area contributed by atoms with Gasteiger partial charge in [0, 0.05) is 11.5 Å². The SMILES string of the molecule is C[C@]12c3ccccc3C[C@H](c3ccccc31)N2C(=O)CCOCCOCCOCCOCCN=[N+]=[N-]. The third kappa shape index (κ3) is 5.72. The smallest absolute Gasteiger partial charge is 0.226 e. The number of hydrogen-bond donors (Lipinski definition) is 0. The van der Waals surface area contributed by atoms with E-state index in [1.807, 2.05) is 0 Å². The topological polar surface area (TPSA) is 106 Å². The molecule has 0 saturated heterocycles. The van der Waals surface area contributed by atoms with Crippen molar-refractivity contribution in [3.63, 3.8) is 0 Å². The Morgan fingerprint density at radius 3 is 2.19 bits per heavy atom. The lowest BCUT2D eigenvalue weighted by molar-refractivity contribution is -0.140. The van der Waals surface area contributed by atoms with Crippen molar-refractivity contribution in [3.8, 4) is 0 Å². The highest BCUT2D eigenvalue weighted by atomic mass is 16.6. The summed E-state index contributed by atoms with van der Waals surface area (Å²) in [7, 11) is 0. The summed E-state index contributed by atoms with van der Waals surface area (Å²) in [6.07, 6.45) is 1.18. The van der Waals surface area contributed by atoms with E-state index in [9.17, 15) is 4.79 Å². The molecule has 2 heterocycles. The van der Waals surface area contributed by atoms with Gasteiger partial charge in [0.1, 0.15) is 0 Å². The summed E-state index contributed by atoms with van der Waals surface area (Å²) >= 11 is 0. The van der Waals surface area contributed by atoms with Crippen LogP contribution in [0.2, 0.25) is 0 Å². The van der Waals surface area contributed by atoms with Crippen molar-refractivity contribution in [3.05, 3.63) is 81.2 Å². The largest absolute Gasteiger partial charge is 0.379 e. The van der Waals surface area contributed by atoms with E-state index >= 15 is 0 Å². The number of carbonyl (C=O) groups excluding carboxylic acids is 1. The molecule has 2 aromatic carbocycles. The van der Waals surface area contributed by atoms with Crippen molar-refractivity contribution >= 4 is 5.91 Å². The minimum Gasteiger partial charge on any atom is -0.379 e. The van der Waals surface area contributed by atoms with Gasteiger partial charge in [0.25, 0.3) is 0 Å². The first-order valence-electron chi connectivity index (χ1n) is 12.5. The van der Waals surface area contributed by atoms with Gasteiger partial charge in [0.05, 0.1) is 70.9 Å². The molecule has 2 bridgehead atoms. The molecule has 0 aromatic heterocycles. The molecule has 0 radical (unpaired) electrons. The van der Waals surface area contributed by atoms with E-state index in [2.05, 4.69) is 70.4 Å². The van der Waals surface area contributed by atoms with Crippen LogP contribution >= 0.6 is 0 Å². The lowest BCUT2D eigenvalue weighted by Crippen LogP contribution is -2.49. The molecule has 9 nitrogen and oxygen atoms in total. The summed E-state index contributed by atoms with van der Waals surface area (Å²) < 4.78 is 21.9. The standard InChI is InChI=1S/C27H34N4O5/c1-27-23-8-4-2-6-21(23)20-25(22-7-3-5-9-24(22)27)31(27)26(32)10-12-33-14-16-35-18-19-36-17-15-34-13-11-29-30-28/h2-9,25H,10-20H2,1H3/t25-,27+/m1/s1. The molecule has 2 aliphatic rings. The van der Waals surface area contributed by atoms with Gasteiger partial charge in [-0.1, -0.05) is 53.6 Å². The Hall–Kier alpha value is -2.94. The minimum atomic E-state index is -0.452. The van der Waals surface area contributed by atoms with Crippen LogP contribution in [0.3, 0.4) is 0 Å². The van der Waals surface area contributed by atoms with E-state index < -0.39 is 5.54 Å². The van der Waals surface area contributed by atoms with Crippen molar-refractivity contribution in [2.24, 2.45) is 5.11 Å². The van der Waals surface area contributed by atoms with E-state index in [-0.39, 0.29) is 11.9 Å². The maximum absolute atomic E-state index is 13.4. The van der Waals surface area contributed by atoms with Crippen molar-refractivity contribution in [2.75, 3.05) is 59.4 Å². The molecule has 4 rings (SSSR count). The predicted octanol–water partition coefficient (Wildman–Crippen LogP) is 4.16. The summed E-state index contributed by atoms with van der Waals surface area (Å²) in [5.41, 5.74) is 12.7. The van der Waals surface area contributed by atoms with E-state index in [1.54, 1.807) is 0 Å². The number of nitrogens with zero attached hydrogens (tertiary/aromatic N) is 4. The average molecular weight is 495 g/mol. The predicted molar refractivity (Wildman–Crippen MR) is 135 cm³/mol. The Morgan fingerprint density at radius 2 is 1.50 bits per heavy atom. The third-order valence-electron chi connectivity index (χ3n) is 6.84. The molecule has 192 valence electrons. The van der Waals surface area contributed by atoms with Crippen molar-refractivity contribution in [2.45, 2.75) is 31.3 Å². The first-order valence-corrected chi connectivity index (χ1v) is 12.5. The molecule has 0 unspecified atom stereocenters. The van der Waals surface area contributed by atoms with Crippen molar-refractivity contribution in [1.82, 2.24) is 4.90 Å². The van der Waals surface area contributed by atoms with Crippen LogP contribution in [0, 0.1) is 0 Å². The molecule has 0 saturated carbocycles. The molecule has 2 atom stereocenters. The van der Waals surface area contributed by atoms with Crippen LogP contribution in [0.5, 0.6) is 0 Å². The van der Waals surface area contributed by atoms with Crippen molar-refractivity contribution in [1.29, 1.82) is 0 Å². The van der Waals surface area contributed by atoms with Crippen LogP contribution in [-0.2, 0) is 35.7 Å². The first kappa shape index (κ1) is 26.1. The average Bonchev–Trinajstić information content (AvgIpc) is 3.09. The fourth-order valence-electron chi connectivity index (χ4n) is 5.28. The molecule has 0 fully saturated rings. The molecule has 0 spiro atoms. The molecule has 2 aliphatic heterocycles. The van der Waals surface area contributed by atoms with Crippen molar-refractivity contribution < 1.29 is 23.7 Å². The van der Waals surface area contributed by atoms with Gasteiger partial charge in [-0.25, -0.2) is 0 Å². The number of fused-ring (bicyclic) bond motifs is 7. The Labute approximate surface area is 211 Å². The van der Waals surface area contributed by atoms with Gasteiger partial charge >= 0.3 is 0 Å². The normalized spacial score (nSPS) is 19.5. The van der Waals surface area contributed by atoms with Gasteiger partial charge in [0.2, 0.25) is 5.91 Å². The van der Waals surface area contributed by atoms with Gasteiger partial charge in [-0.05, 0) is 41.1 Å². The fourth-order valence-corrected chi connectivity index (χ4v) is 5.28. The van der Waals surface area contributed by atoms with Crippen LogP contribution in [0.4, 0.5) is 0 Å². The number of hydrogen-bond acceptors (Lipinski definition) is 6. The van der Waals surface area contributed by atoms with Crippen LogP contribution in [-0.4, -0.2) is 70.2 Å². The fraction of sp³-hybridized carbons (Fsp3) is 0.519. The highest BCUT2D eigenvalue weighted by Crippen LogP contribution is 2.55. The van der Waals surface area contributed by atoms with E-state index in [0.717, 1.165) is 6.42 Å². The van der Waals surface area contributed by atoms with Crippen LogP contribution in [0.15, 0.2) is 53.6 Å². The van der Waals surface area contributed by atoms with Gasteiger partial charge in [-0.2, -0.15) is 0 Å². The number of benzene rings is 2. The van der Waals surface area contributed by atoms with Crippen LogP contribution < -0.4 is 0 Å². The van der Waals surface area contributed by atoms with Gasteiger partial charge in [-0.3, -0.25) is 4.79 Å². The number of carbonyl (C=O) groups is 1. The molecule has 9 heteroatoms. The zero-order valence-electron chi connectivity index (χ0n) is 20.8. The third-order valence-corrected chi connectivity index (χ3v) is 6.84. The zero-order chi connectivity index (χ0) is 25.2. The number of azide groups is 1. The van der Waals surface area contributed by atoms with Gasteiger partial charge in [0.15, 0.2) is 0 Å². The summed E-state index contributed by atoms with van der Waals surface area (Å²) in [6.45, 7) is 5.97. The Morgan fingerprint density at radius 1 is 0.917 bits per heavy atom. The Kier molecular flexibility index (Phi) is 9.33. The van der Waals surface area contributed by atoms with E-state index in [4.69, 9.17) is 24.5 Å². The van der Waals surface area contributed by atoms with E-state index in [0.29, 0.717) is 65.8 Å². The second-order valence-electron chi connectivity index (χ2n) is 8.95. The molecule has 0 aliphatic carbocycles. The monoisotopic (exact) mass is 494 g/mol. The highest BCUT2D eigenvalue weighted by Gasteiger charge is 2.53. The lowest BCUT2D eigenvalue weighted by Gasteiger charge is -2.44. The Bertz CT molecular complexity index is 1060. The van der Waals surface area contributed by atoms with Gasteiger partial charge in [-0.15, -0.1) is 0 Å². The summed E-state index contributed by atoms with van der Waals surface area (Å²) in [5.74, 6) is 0.115. The number of ether oxygens (including phenoxy) is 4. The van der Waals surface area contributed by atoms with Crippen LogP contribution in [0.25, 0.3) is 10.4 Å². The molecular formula is C27H34N4O5. The first-order chi connectivity index (χ1) is 17.7. The quantitative estimate of drug-likeness (QED) is 0.160. The molecule has 0 N–H and O–H groups in total.